The molecule has 0 bridgehead atoms. The minimum atomic E-state index is -0.298. The molecule has 1 aromatic heterocycles. The van der Waals surface area contributed by atoms with E-state index in [0.29, 0.717) is 18.1 Å². The second-order valence-electron chi connectivity index (χ2n) is 11.0. The molecule has 0 radical (unpaired) electrons. The van der Waals surface area contributed by atoms with Crippen molar-refractivity contribution in [2.45, 2.75) is 113 Å². The molecule has 4 nitrogen and oxygen atoms in total. The lowest BCUT2D eigenvalue weighted by Crippen LogP contribution is -2.38. The van der Waals surface area contributed by atoms with Crippen molar-refractivity contribution in [3.63, 3.8) is 0 Å². The van der Waals surface area contributed by atoms with Crippen molar-refractivity contribution in [3.05, 3.63) is 23.7 Å². The van der Waals surface area contributed by atoms with Crippen LogP contribution in [0.2, 0.25) is 0 Å². The lowest BCUT2D eigenvalue weighted by molar-refractivity contribution is -0.0888. The summed E-state index contributed by atoms with van der Waals surface area (Å²) in [4.78, 5) is 11.4. The first-order valence-corrected chi connectivity index (χ1v) is 11.0. The maximum Gasteiger partial charge on any atom is 0.194 e. The predicted molar refractivity (Wildman–Crippen MR) is 119 cm³/mol. The SMILES string of the molecule is CCC(C)(COC(C)(C)C)CC(C)(CC)CC(C)(C)OCc1ccc(C(C)=O)o1. The van der Waals surface area contributed by atoms with Crippen molar-refractivity contribution in [1.29, 1.82) is 0 Å². The van der Waals surface area contributed by atoms with Crippen LogP contribution >= 0.6 is 0 Å². The fourth-order valence-corrected chi connectivity index (χ4v) is 4.00. The molecule has 168 valence electrons. The molecule has 29 heavy (non-hydrogen) atoms. The number of furan rings is 1. The van der Waals surface area contributed by atoms with Gasteiger partial charge in [0.2, 0.25) is 0 Å². The normalized spacial score (nSPS) is 17.0. The van der Waals surface area contributed by atoms with E-state index in [-0.39, 0.29) is 27.8 Å². The molecule has 2 unspecified atom stereocenters. The molecule has 0 aromatic carbocycles. The summed E-state index contributed by atoms with van der Waals surface area (Å²) in [5.74, 6) is 1.02. The lowest BCUT2D eigenvalue weighted by atomic mass is 9.66. The van der Waals surface area contributed by atoms with Crippen molar-refractivity contribution in [2.75, 3.05) is 6.61 Å². The maximum absolute atomic E-state index is 11.4. The van der Waals surface area contributed by atoms with E-state index in [4.69, 9.17) is 13.9 Å². The number of carbonyl (C=O) groups excluding carboxylic acids is 1. The summed E-state index contributed by atoms with van der Waals surface area (Å²) in [7, 11) is 0. The minimum absolute atomic E-state index is 0.0644. The Labute approximate surface area is 178 Å². The molecule has 1 aromatic rings. The van der Waals surface area contributed by atoms with E-state index in [1.54, 1.807) is 6.07 Å². The zero-order valence-corrected chi connectivity index (χ0v) is 20.5. The molecule has 0 saturated heterocycles. The van der Waals surface area contributed by atoms with Gasteiger partial charge in [0.15, 0.2) is 11.5 Å². The van der Waals surface area contributed by atoms with Crippen LogP contribution in [-0.4, -0.2) is 23.6 Å². The number of ketones is 1. The molecule has 0 N–H and O–H groups in total. The van der Waals surface area contributed by atoms with Crippen LogP contribution in [0.3, 0.4) is 0 Å². The summed E-state index contributed by atoms with van der Waals surface area (Å²) in [5, 5.41) is 0. The Morgan fingerprint density at radius 1 is 0.897 bits per heavy atom. The molecule has 2 atom stereocenters. The van der Waals surface area contributed by atoms with Gasteiger partial charge in [-0.2, -0.15) is 0 Å². The van der Waals surface area contributed by atoms with Crippen LogP contribution in [0, 0.1) is 10.8 Å². The second-order valence-corrected chi connectivity index (χ2v) is 11.0. The van der Waals surface area contributed by atoms with Gasteiger partial charge in [0.25, 0.3) is 0 Å². The molecule has 0 aliphatic rings. The molecule has 0 fully saturated rings. The first kappa shape index (κ1) is 25.9. The molecule has 0 aliphatic heterocycles. The molecule has 0 amide bonds. The van der Waals surface area contributed by atoms with Crippen LogP contribution < -0.4 is 0 Å². The molecule has 0 aliphatic carbocycles. The highest BCUT2D eigenvalue weighted by Gasteiger charge is 2.38. The fraction of sp³-hybridized carbons (Fsp3) is 0.800. The molecular weight excluding hydrogens is 364 g/mol. The Hall–Kier alpha value is -1.13. The average Bonchev–Trinajstić information content (AvgIpc) is 3.07. The van der Waals surface area contributed by atoms with Crippen LogP contribution in [0.1, 0.15) is 111 Å². The smallest absolute Gasteiger partial charge is 0.194 e. The van der Waals surface area contributed by atoms with Gasteiger partial charge in [-0.3, -0.25) is 4.79 Å². The van der Waals surface area contributed by atoms with E-state index < -0.39 is 0 Å². The zero-order valence-electron chi connectivity index (χ0n) is 20.5. The zero-order chi connectivity index (χ0) is 22.5. The third-order valence-electron chi connectivity index (χ3n) is 5.88. The summed E-state index contributed by atoms with van der Waals surface area (Å²) >= 11 is 0. The van der Waals surface area contributed by atoms with Crippen molar-refractivity contribution < 1.29 is 18.7 Å². The van der Waals surface area contributed by atoms with Crippen LogP contribution in [0.4, 0.5) is 0 Å². The third-order valence-corrected chi connectivity index (χ3v) is 5.88. The van der Waals surface area contributed by atoms with Crippen molar-refractivity contribution in [2.24, 2.45) is 10.8 Å². The fourth-order valence-electron chi connectivity index (χ4n) is 4.00. The van der Waals surface area contributed by atoms with Crippen LogP contribution in [0.5, 0.6) is 0 Å². The van der Waals surface area contributed by atoms with Crippen molar-refractivity contribution in [1.82, 2.24) is 0 Å². The standard InChI is InChI=1S/C25H44O4/c1-11-24(9,17-25(10,12-2)18-28-22(4,5)6)16-23(7,8)27-15-20-13-14-21(29-20)19(3)26/h13-14H,11-12,15-18H2,1-10H3. The Morgan fingerprint density at radius 3 is 1.93 bits per heavy atom. The topological polar surface area (TPSA) is 48.7 Å². The van der Waals surface area contributed by atoms with Gasteiger partial charge in [-0.1, -0.05) is 34.1 Å². The summed E-state index contributed by atoms with van der Waals surface area (Å²) in [6, 6.07) is 3.54. The predicted octanol–water partition coefficient (Wildman–Crippen LogP) is 7.21. The highest BCUT2D eigenvalue weighted by Crippen LogP contribution is 2.45. The average molecular weight is 409 g/mol. The van der Waals surface area contributed by atoms with E-state index >= 15 is 0 Å². The van der Waals surface area contributed by atoms with Crippen molar-refractivity contribution >= 4 is 5.78 Å². The summed E-state index contributed by atoms with van der Waals surface area (Å²) < 4.78 is 18.0. The Morgan fingerprint density at radius 2 is 1.48 bits per heavy atom. The largest absolute Gasteiger partial charge is 0.456 e. The number of hydrogen-bond donors (Lipinski definition) is 0. The Kier molecular flexibility index (Phi) is 8.74. The first-order valence-electron chi connectivity index (χ1n) is 11.0. The number of Topliss-reactive ketones (excluding diaryl/α,β-unsaturated/α-hetero) is 1. The summed E-state index contributed by atoms with van der Waals surface area (Å²) in [6.45, 7) is 22.5. The van der Waals surface area contributed by atoms with Crippen LogP contribution in [-0.2, 0) is 16.1 Å². The molecule has 0 spiro atoms. The quantitative estimate of drug-likeness (QED) is 0.343. The Bertz CT molecular complexity index is 652. The van der Waals surface area contributed by atoms with E-state index in [1.807, 2.05) is 6.07 Å². The van der Waals surface area contributed by atoms with E-state index in [0.717, 1.165) is 32.3 Å². The van der Waals surface area contributed by atoms with Gasteiger partial charge in [-0.15, -0.1) is 0 Å². The van der Waals surface area contributed by atoms with Gasteiger partial charge in [0, 0.05) is 6.92 Å². The highest BCUT2D eigenvalue weighted by molar-refractivity contribution is 5.91. The van der Waals surface area contributed by atoms with E-state index in [1.165, 1.54) is 6.92 Å². The molecule has 1 heterocycles. The van der Waals surface area contributed by atoms with Crippen LogP contribution in [0.15, 0.2) is 16.5 Å². The minimum Gasteiger partial charge on any atom is -0.456 e. The molecule has 4 heteroatoms. The number of hydrogen-bond acceptors (Lipinski definition) is 4. The van der Waals surface area contributed by atoms with Crippen molar-refractivity contribution in [3.8, 4) is 0 Å². The van der Waals surface area contributed by atoms with Gasteiger partial charge < -0.3 is 13.9 Å². The lowest BCUT2D eigenvalue weighted by Gasteiger charge is -2.43. The van der Waals surface area contributed by atoms with E-state index in [2.05, 4.69) is 62.3 Å². The van der Waals surface area contributed by atoms with Gasteiger partial charge >= 0.3 is 0 Å². The molecule has 0 saturated carbocycles. The Balaban J connectivity index is 2.78. The van der Waals surface area contributed by atoms with Gasteiger partial charge in [0.05, 0.1) is 17.8 Å². The number of carbonyl (C=O) groups is 1. The summed E-state index contributed by atoms with van der Waals surface area (Å²) in [5.41, 5.74) is -0.147. The van der Waals surface area contributed by atoms with Gasteiger partial charge in [0.1, 0.15) is 12.4 Å². The van der Waals surface area contributed by atoms with E-state index in [9.17, 15) is 4.79 Å². The second kappa shape index (κ2) is 9.78. The van der Waals surface area contributed by atoms with Gasteiger partial charge in [-0.05, 0) is 76.8 Å². The molecule has 1 rings (SSSR count). The summed E-state index contributed by atoms with van der Waals surface area (Å²) in [6.07, 6.45) is 4.20. The highest BCUT2D eigenvalue weighted by atomic mass is 16.5. The third kappa shape index (κ3) is 9.04. The maximum atomic E-state index is 11.4. The first-order chi connectivity index (χ1) is 13.1. The van der Waals surface area contributed by atoms with Gasteiger partial charge in [-0.25, -0.2) is 0 Å². The number of ether oxygens (including phenoxy) is 2. The number of rotatable bonds is 12. The monoisotopic (exact) mass is 408 g/mol. The van der Waals surface area contributed by atoms with Crippen LogP contribution in [0.25, 0.3) is 0 Å². The molecular formula is C25H44O4.